The number of hydrogen-bond acceptors (Lipinski definition) is 7. The van der Waals surface area contributed by atoms with Crippen LogP contribution in [-0.2, 0) is 4.74 Å². The van der Waals surface area contributed by atoms with Gasteiger partial charge in [0.05, 0.1) is 6.61 Å². The van der Waals surface area contributed by atoms with Gasteiger partial charge in [0.25, 0.3) is 5.95 Å². The minimum Gasteiger partial charge on any atom is -0.396 e. The van der Waals surface area contributed by atoms with Gasteiger partial charge >= 0.3 is 0 Å². The molecule has 1 aromatic rings. The van der Waals surface area contributed by atoms with E-state index in [9.17, 15) is 5.11 Å². The number of piperidine rings is 1. The van der Waals surface area contributed by atoms with E-state index in [4.69, 9.17) is 9.26 Å². The summed E-state index contributed by atoms with van der Waals surface area (Å²) in [6.07, 6.45) is 3.36. The third-order valence-electron chi connectivity index (χ3n) is 4.77. The van der Waals surface area contributed by atoms with Crippen molar-refractivity contribution in [1.29, 1.82) is 0 Å². The average Bonchev–Trinajstić information content (AvgIpc) is 3.29. The molecule has 130 valence electrons. The Morgan fingerprint density at radius 3 is 2.83 bits per heavy atom. The summed E-state index contributed by atoms with van der Waals surface area (Å²) in [4.78, 5) is 9.03. The number of methoxy groups -OCH3 is 1. The van der Waals surface area contributed by atoms with E-state index >= 15 is 0 Å². The van der Waals surface area contributed by atoms with E-state index in [2.05, 4.69) is 27.0 Å². The number of aromatic nitrogens is 2. The quantitative estimate of drug-likeness (QED) is 0.763. The summed E-state index contributed by atoms with van der Waals surface area (Å²) in [6, 6.07) is 0. The van der Waals surface area contributed by atoms with Gasteiger partial charge in [0.15, 0.2) is 0 Å². The van der Waals surface area contributed by atoms with Crippen LogP contribution in [0, 0.1) is 11.8 Å². The van der Waals surface area contributed by atoms with Crippen LogP contribution in [0.25, 0.3) is 0 Å². The van der Waals surface area contributed by atoms with Crippen LogP contribution in [-0.4, -0.2) is 73.7 Å². The lowest BCUT2D eigenvalue weighted by Crippen LogP contribution is -2.46. The lowest BCUT2D eigenvalue weighted by molar-refractivity contribution is 0.133. The van der Waals surface area contributed by atoms with E-state index in [1.54, 1.807) is 7.11 Å². The highest BCUT2D eigenvalue weighted by molar-refractivity contribution is 5.30. The Balaban J connectivity index is 1.60. The van der Waals surface area contributed by atoms with Crippen LogP contribution in [0.5, 0.6) is 0 Å². The molecule has 7 heteroatoms. The Kier molecular flexibility index (Phi) is 5.50. The molecule has 2 aliphatic rings. The van der Waals surface area contributed by atoms with Crippen molar-refractivity contribution in [2.24, 2.45) is 11.8 Å². The Labute approximate surface area is 137 Å². The standard InChI is InChI=1S/C16H28N4O3/c1-19(5-6-22-2)8-12-7-13(11-21)10-20(9-12)16-17-15(23-18-16)14-3-4-14/h12-14,21H,3-11H2,1-2H3/t12-,13+/m1/s1. The summed E-state index contributed by atoms with van der Waals surface area (Å²) >= 11 is 0. The molecule has 7 nitrogen and oxygen atoms in total. The molecule has 2 fully saturated rings. The summed E-state index contributed by atoms with van der Waals surface area (Å²) in [5.41, 5.74) is 0. The first kappa shape index (κ1) is 16.7. The van der Waals surface area contributed by atoms with Gasteiger partial charge in [-0.15, -0.1) is 0 Å². The second kappa shape index (κ2) is 7.59. The highest BCUT2D eigenvalue weighted by Crippen LogP contribution is 2.39. The summed E-state index contributed by atoms with van der Waals surface area (Å²) in [7, 11) is 3.84. The number of aliphatic hydroxyl groups is 1. The second-order valence-electron chi connectivity index (χ2n) is 7.02. The number of anilines is 1. The third-order valence-corrected chi connectivity index (χ3v) is 4.77. The maximum atomic E-state index is 9.63. The molecule has 1 aliphatic heterocycles. The first-order valence-electron chi connectivity index (χ1n) is 8.56. The van der Waals surface area contributed by atoms with Gasteiger partial charge in [-0.1, -0.05) is 0 Å². The molecule has 0 bridgehead atoms. The molecule has 1 N–H and O–H groups in total. The number of hydrogen-bond donors (Lipinski definition) is 1. The molecule has 0 amide bonds. The van der Waals surface area contributed by atoms with Crippen LogP contribution in [0.1, 0.15) is 31.1 Å². The Morgan fingerprint density at radius 1 is 1.35 bits per heavy atom. The van der Waals surface area contributed by atoms with Crippen LogP contribution in [0.4, 0.5) is 5.95 Å². The van der Waals surface area contributed by atoms with Crippen molar-refractivity contribution in [3.05, 3.63) is 5.89 Å². The van der Waals surface area contributed by atoms with E-state index in [1.807, 2.05) is 0 Å². The lowest BCUT2D eigenvalue weighted by atomic mass is 9.89. The monoisotopic (exact) mass is 324 g/mol. The predicted octanol–water partition coefficient (Wildman–Crippen LogP) is 0.960. The molecule has 3 rings (SSSR count). The Hall–Kier alpha value is -1.18. The Morgan fingerprint density at radius 2 is 2.13 bits per heavy atom. The normalized spacial score (nSPS) is 25.3. The SMILES string of the molecule is COCCN(C)C[C@H]1C[C@H](CO)CN(c2noc(C3CC3)n2)C1. The summed E-state index contributed by atoms with van der Waals surface area (Å²) in [5.74, 6) is 2.71. The van der Waals surface area contributed by atoms with Crippen LogP contribution in [0.2, 0.25) is 0 Å². The second-order valence-corrected chi connectivity index (χ2v) is 7.02. The summed E-state index contributed by atoms with van der Waals surface area (Å²) in [6.45, 7) is 4.58. The first-order chi connectivity index (χ1) is 11.2. The molecule has 1 aromatic heterocycles. The van der Waals surface area contributed by atoms with E-state index < -0.39 is 0 Å². The van der Waals surface area contributed by atoms with Crippen LogP contribution < -0.4 is 4.90 Å². The number of likely N-dealkylation sites (N-methyl/N-ethyl adjacent to an activating group) is 1. The van der Waals surface area contributed by atoms with Gasteiger partial charge in [0.2, 0.25) is 5.89 Å². The molecule has 23 heavy (non-hydrogen) atoms. The predicted molar refractivity (Wildman–Crippen MR) is 86.5 cm³/mol. The van der Waals surface area contributed by atoms with Crippen molar-refractivity contribution >= 4 is 5.95 Å². The van der Waals surface area contributed by atoms with Gasteiger partial charge in [-0.05, 0) is 43.3 Å². The third kappa shape index (κ3) is 4.43. The van der Waals surface area contributed by atoms with Crippen LogP contribution >= 0.6 is 0 Å². The molecule has 0 spiro atoms. The van der Waals surface area contributed by atoms with Crippen molar-refractivity contribution < 1.29 is 14.4 Å². The number of rotatable bonds is 8. The van der Waals surface area contributed by atoms with Crippen molar-refractivity contribution in [2.75, 3.05) is 58.5 Å². The van der Waals surface area contributed by atoms with Crippen molar-refractivity contribution in [3.8, 4) is 0 Å². The molecular weight excluding hydrogens is 296 g/mol. The van der Waals surface area contributed by atoms with E-state index in [-0.39, 0.29) is 12.5 Å². The van der Waals surface area contributed by atoms with Crippen LogP contribution in [0.3, 0.4) is 0 Å². The smallest absolute Gasteiger partial charge is 0.266 e. The molecule has 1 aliphatic carbocycles. The molecule has 1 saturated carbocycles. The topological polar surface area (TPSA) is 74.9 Å². The number of nitrogens with zero attached hydrogens (tertiary/aromatic N) is 4. The average molecular weight is 324 g/mol. The van der Waals surface area contributed by atoms with E-state index in [1.165, 1.54) is 0 Å². The number of ether oxygens (including phenoxy) is 1. The molecule has 0 unspecified atom stereocenters. The van der Waals surface area contributed by atoms with Gasteiger partial charge < -0.3 is 24.2 Å². The minimum atomic E-state index is 0.210. The molecule has 2 atom stereocenters. The lowest BCUT2D eigenvalue weighted by Gasteiger charge is -2.37. The van der Waals surface area contributed by atoms with E-state index in [0.717, 1.165) is 57.9 Å². The molecule has 0 radical (unpaired) electrons. The van der Waals surface area contributed by atoms with Crippen LogP contribution in [0.15, 0.2) is 4.52 Å². The van der Waals surface area contributed by atoms with Gasteiger partial charge in [0, 0.05) is 45.8 Å². The number of aliphatic hydroxyl groups excluding tert-OH is 1. The largest absolute Gasteiger partial charge is 0.396 e. The zero-order valence-electron chi connectivity index (χ0n) is 14.1. The minimum absolute atomic E-state index is 0.210. The van der Waals surface area contributed by atoms with Crippen molar-refractivity contribution in [2.45, 2.75) is 25.2 Å². The summed E-state index contributed by atoms with van der Waals surface area (Å²) in [5, 5.41) is 13.8. The first-order valence-corrected chi connectivity index (χ1v) is 8.56. The van der Waals surface area contributed by atoms with Gasteiger partial charge in [-0.2, -0.15) is 4.98 Å². The van der Waals surface area contributed by atoms with Gasteiger partial charge in [-0.3, -0.25) is 0 Å². The van der Waals surface area contributed by atoms with Crippen molar-refractivity contribution in [1.82, 2.24) is 15.0 Å². The van der Waals surface area contributed by atoms with E-state index in [0.29, 0.717) is 17.8 Å². The van der Waals surface area contributed by atoms with Gasteiger partial charge in [-0.25, -0.2) is 0 Å². The highest BCUT2D eigenvalue weighted by Gasteiger charge is 2.33. The molecule has 2 heterocycles. The zero-order chi connectivity index (χ0) is 16.2. The zero-order valence-corrected chi connectivity index (χ0v) is 14.1. The fourth-order valence-electron chi connectivity index (χ4n) is 3.38. The highest BCUT2D eigenvalue weighted by atomic mass is 16.5. The summed E-state index contributed by atoms with van der Waals surface area (Å²) < 4.78 is 10.5. The molecule has 0 aromatic carbocycles. The maximum Gasteiger partial charge on any atom is 0.266 e. The molecular formula is C16H28N4O3. The fourth-order valence-corrected chi connectivity index (χ4v) is 3.38. The maximum absolute atomic E-state index is 9.63. The Bertz CT molecular complexity index is 491. The fraction of sp³-hybridized carbons (Fsp3) is 0.875. The van der Waals surface area contributed by atoms with Gasteiger partial charge in [0.1, 0.15) is 0 Å². The molecule has 1 saturated heterocycles. The van der Waals surface area contributed by atoms with Crippen molar-refractivity contribution in [3.63, 3.8) is 0 Å².